The molecule has 0 amide bonds. The highest BCUT2D eigenvalue weighted by Crippen LogP contribution is 2.20. The lowest BCUT2D eigenvalue weighted by atomic mass is 9.98. The van der Waals surface area contributed by atoms with E-state index >= 15 is 0 Å². The molecule has 0 aliphatic heterocycles. The van der Waals surface area contributed by atoms with Crippen molar-refractivity contribution in [2.75, 3.05) is 0 Å². The van der Waals surface area contributed by atoms with Gasteiger partial charge in [0.2, 0.25) is 0 Å². The van der Waals surface area contributed by atoms with E-state index in [9.17, 15) is 14.3 Å². The molecular formula is C19H20FNO2. The molecule has 23 heavy (non-hydrogen) atoms. The van der Waals surface area contributed by atoms with Gasteiger partial charge in [0.25, 0.3) is 0 Å². The molecule has 1 N–H and O–H groups in total. The van der Waals surface area contributed by atoms with Crippen LogP contribution >= 0.6 is 0 Å². The molecule has 120 valence electrons. The average Bonchev–Trinajstić information content (AvgIpc) is 2.52. The van der Waals surface area contributed by atoms with E-state index in [1.807, 2.05) is 60.7 Å². The minimum absolute atomic E-state index is 0.175. The Labute approximate surface area is 135 Å². The topological polar surface area (TPSA) is 49.7 Å². The Morgan fingerprint density at radius 3 is 1.83 bits per heavy atom. The normalized spacial score (nSPS) is 12.5. The molecule has 3 nitrogen and oxygen atoms in total. The van der Waals surface area contributed by atoms with E-state index in [0.29, 0.717) is 5.71 Å². The fourth-order valence-corrected chi connectivity index (χ4v) is 2.31. The van der Waals surface area contributed by atoms with Crippen molar-refractivity contribution < 1.29 is 14.3 Å². The fourth-order valence-electron chi connectivity index (χ4n) is 2.31. The van der Waals surface area contributed by atoms with Gasteiger partial charge in [0.1, 0.15) is 5.67 Å². The number of hydrogen-bond donors (Lipinski definition) is 1. The number of alkyl halides is 1. The van der Waals surface area contributed by atoms with Gasteiger partial charge in [-0.05, 0) is 13.8 Å². The monoisotopic (exact) mass is 313 g/mol. The highest BCUT2D eigenvalue weighted by atomic mass is 19.1. The quantitative estimate of drug-likeness (QED) is 0.816. The van der Waals surface area contributed by atoms with Crippen LogP contribution in [0.3, 0.4) is 0 Å². The molecule has 2 aromatic carbocycles. The second kappa shape index (κ2) is 7.18. The van der Waals surface area contributed by atoms with Crippen LogP contribution in [0.15, 0.2) is 65.7 Å². The highest BCUT2D eigenvalue weighted by Gasteiger charge is 2.28. The van der Waals surface area contributed by atoms with E-state index in [0.717, 1.165) is 11.1 Å². The van der Waals surface area contributed by atoms with Crippen LogP contribution in [-0.4, -0.2) is 28.5 Å². The zero-order valence-electron chi connectivity index (χ0n) is 13.2. The Hall–Kier alpha value is -2.49. The molecule has 0 aromatic heterocycles. The zero-order valence-corrected chi connectivity index (χ0v) is 13.2. The summed E-state index contributed by atoms with van der Waals surface area (Å²) >= 11 is 0. The van der Waals surface area contributed by atoms with Crippen LogP contribution in [0.5, 0.6) is 0 Å². The number of halogens is 1. The van der Waals surface area contributed by atoms with Crippen LogP contribution in [0, 0.1) is 0 Å². The first-order valence-corrected chi connectivity index (χ1v) is 7.47. The molecule has 0 aliphatic carbocycles. The second-order valence-corrected chi connectivity index (χ2v) is 5.99. The van der Waals surface area contributed by atoms with Crippen LogP contribution < -0.4 is 0 Å². The molecule has 0 spiro atoms. The van der Waals surface area contributed by atoms with Crippen molar-refractivity contribution in [3.05, 3.63) is 71.8 Å². The molecule has 4 heteroatoms. The van der Waals surface area contributed by atoms with Crippen LogP contribution in [0.25, 0.3) is 0 Å². The smallest absolute Gasteiger partial charge is 0.328 e. The number of hydrogen-bond acceptors (Lipinski definition) is 2. The summed E-state index contributed by atoms with van der Waals surface area (Å²) in [6.45, 7) is 2.73. The molecular weight excluding hydrogens is 293 g/mol. The predicted octanol–water partition coefficient (Wildman–Crippen LogP) is 4.12. The van der Waals surface area contributed by atoms with Gasteiger partial charge >= 0.3 is 5.97 Å². The molecule has 0 radical (unpaired) electrons. The maximum Gasteiger partial charge on any atom is 0.328 e. The third-order valence-electron chi connectivity index (χ3n) is 3.34. The van der Waals surface area contributed by atoms with E-state index in [1.165, 1.54) is 13.8 Å². The van der Waals surface area contributed by atoms with Crippen molar-refractivity contribution >= 4 is 11.7 Å². The molecule has 0 fully saturated rings. The summed E-state index contributed by atoms with van der Waals surface area (Å²) in [6.07, 6.45) is -0.175. The van der Waals surface area contributed by atoms with E-state index in [4.69, 9.17) is 0 Å². The number of carboxylic acids is 1. The van der Waals surface area contributed by atoms with Crippen molar-refractivity contribution in [3.8, 4) is 0 Å². The maximum atomic E-state index is 13.9. The standard InChI is InChI=1S/C19H20FNO2/c1-19(2,20)13-16(18(22)23)21-17(14-9-5-3-6-10-14)15-11-7-4-8-12-15/h3-12,16H,13H2,1-2H3,(H,22,23). The molecule has 0 aliphatic rings. The van der Waals surface area contributed by atoms with Gasteiger partial charge in [0.05, 0.1) is 5.71 Å². The number of carboxylic acid groups (broad SMARTS) is 1. The molecule has 0 heterocycles. The van der Waals surface area contributed by atoms with Gasteiger partial charge in [-0.2, -0.15) is 0 Å². The Balaban J connectivity index is 2.49. The average molecular weight is 313 g/mol. The number of nitrogens with zero attached hydrogens (tertiary/aromatic N) is 1. The highest BCUT2D eigenvalue weighted by molar-refractivity contribution is 6.13. The number of aliphatic carboxylic acids is 1. The lowest BCUT2D eigenvalue weighted by molar-refractivity contribution is -0.139. The first-order chi connectivity index (χ1) is 10.9. The van der Waals surface area contributed by atoms with E-state index in [-0.39, 0.29) is 6.42 Å². The third kappa shape index (κ3) is 5.02. The summed E-state index contributed by atoms with van der Waals surface area (Å²) in [5.74, 6) is -1.12. The van der Waals surface area contributed by atoms with Crippen molar-refractivity contribution in [2.45, 2.75) is 32.0 Å². The Morgan fingerprint density at radius 1 is 1.04 bits per heavy atom. The van der Waals surface area contributed by atoms with Gasteiger partial charge < -0.3 is 5.11 Å². The Kier molecular flexibility index (Phi) is 5.27. The first-order valence-electron chi connectivity index (χ1n) is 7.47. The number of benzene rings is 2. The van der Waals surface area contributed by atoms with Gasteiger partial charge in [-0.15, -0.1) is 0 Å². The number of aliphatic imine (C=N–C) groups is 1. The largest absolute Gasteiger partial charge is 0.480 e. The summed E-state index contributed by atoms with van der Waals surface area (Å²) in [5.41, 5.74) is 0.566. The zero-order chi connectivity index (χ0) is 16.9. The summed E-state index contributed by atoms with van der Waals surface area (Å²) in [7, 11) is 0. The molecule has 2 rings (SSSR count). The van der Waals surface area contributed by atoms with Crippen LogP contribution in [0.1, 0.15) is 31.4 Å². The van der Waals surface area contributed by atoms with Gasteiger partial charge in [-0.1, -0.05) is 60.7 Å². The number of carbonyl (C=O) groups is 1. The molecule has 0 saturated carbocycles. The Morgan fingerprint density at radius 2 is 1.48 bits per heavy atom. The minimum atomic E-state index is -1.61. The lowest BCUT2D eigenvalue weighted by Crippen LogP contribution is -2.28. The maximum absolute atomic E-state index is 13.9. The fraction of sp³-hybridized carbons (Fsp3) is 0.263. The molecule has 1 unspecified atom stereocenters. The van der Waals surface area contributed by atoms with Crippen molar-refractivity contribution in [1.29, 1.82) is 0 Å². The van der Waals surface area contributed by atoms with Gasteiger partial charge in [0, 0.05) is 17.5 Å². The van der Waals surface area contributed by atoms with Gasteiger partial charge in [-0.3, -0.25) is 4.99 Å². The molecule has 2 aromatic rings. The van der Waals surface area contributed by atoms with E-state index < -0.39 is 17.7 Å². The molecule has 1 atom stereocenters. The lowest BCUT2D eigenvalue weighted by Gasteiger charge is -2.18. The van der Waals surface area contributed by atoms with Gasteiger partial charge in [0.15, 0.2) is 6.04 Å². The van der Waals surface area contributed by atoms with Crippen LogP contribution in [0.2, 0.25) is 0 Å². The minimum Gasteiger partial charge on any atom is -0.480 e. The van der Waals surface area contributed by atoms with Crippen LogP contribution in [-0.2, 0) is 4.79 Å². The SMILES string of the molecule is CC(C)(F)CC(N=C(c1ccccc1)c1ccccc1)C(=O)O. The molecule has 0 saturated heterocycles. The third-order valence-corrected chi connectivity index (χ3v) is 3.34. The van der Waals surface area contributed by atoms with Crippen molar-refractivity contribution in [3.63, 3.8) is 0 Å². The predicted molar refractivity (Wildman–Crippen MR) is 89.8 cm³/mol. The first kappa shape index (κ1) is 16.9. The van der Waals surface area contributed by atoms with Crippen molar-refractivity contribution in [1.82, 2.24) is 0 Å². The van der Waals surface area contributed by atoms with E-state index in [1.54, 1.807) is 0 Å². The summed E-state index contributed by atoms with van der Waals surface area (Å²) in [4.78, 5) is 15.9. The molecule has 0 bridgehead atoms. The Bertz CT molecular complexity index is 634. The summed E-state index contributed by atoms with van der Waals surface area (Å²) < 4.78 is 13.9. The van der Waals surface area contributed by atoms with Gasteiger partial charge in [-0.25, -0.2) is 9.18 Å². The number of rotatable bonds is 6. The second-order valence-electron chi connectivity index (χ2n) is 5.99. The summed E-state index contributed by atoms with van der Waals surface area (Å²) in [5, 5.41) is 9.41. The summed E-state index contributed by atoms with van der Waals surface area (Å²) in [6, 6.07) is 17.5. The van der Waals surface area contributed by atoms with Crippen molar-refractivity contribution in [2.24, 2.45) is 4.99 Å². The van der Waals surface area contributed by atoms with E-state index in [2.05, 4.69) is 4.99 Å². The van der Waals surface area contributed by atoms with Crippen LogP contribution in [0.4, 0.5) is 4.39 Å².